The summed E-state index contributed by atoms with van der Waals surface area (Å²) < 4.78 is 3.92. The van der Waals surface area contributed by atoms with Gasteiger partial charge in [-0.05, 0) is 38.3 Å². The van der Waals surface area contributed by atoms with Gasteiger partial charge in [0.25, 0.3) is 0 Å². The topological polar surface area (TPSA) is 90.0 Å². The number of nitrogens with one attached hydrogen (secondary N) is 1. The second-order valence-corrected chi connectivity index (χ2v) is 10.2. The van der Waals surface area contributed by atoms with Crippen LogP contribution in [0.1, 0.15) is 57.0 Å². The molecule has 0 saturated heterocycles. The number of fused-ring (bicyclic) bond motifs is 3. The van der Waals surface area contributed by atoms with E-state index in [9.17, 15) is 4.79 Å². The van der Waals surface area contributed by atoms with E-state index in [4.69, 9.17) is 15.1 Å². The average Bonchev–Trinajstić information content (AvgIpc) is 3.47. The van der Waals surface area contributed by atoms with Crippen molar-refractivity contribution < 1.29 is 4.79 Å². The zero-order chi connectivity index (χ0) is 23.5. The molecule has 1 aliphatic rings. The van der Waals surface area contributed by atoms with Crippen molar-refractivity contribution in [3.05, 3.63) is 48.3 Å². The summed E-state index contributed by atoms with van der Waals surface area (Å²) in [5.74, 6) is 0.853. The molecule has 0 spiro atoms. The molecule has 3 aromatic heterocycles. The van der Waals surface area contributed by atoms with E-state index in [2.05, 4.69) is 21.8 Å². The second kappa shape index (κ2) is 10.1. The molecule has 3 heterocycles. The van der Waals surface area contributed by atoms with E-state index in [1.165, 1.54) is 31.0 Å². The molecule has 1 aromatic carbocycles. The van der Waals surface area contributed by atoms with Gasteiger partial charge >= 0.3 is 0 Å². The summed E-state index contributed by atoms with van der Waals surface area (Å²) in [7, 11) is 0. The van der Waals surface area contributed by atoms with Gasteiger partial charge in [-0.2, -0.15) is 4.52 Å². The Morgan fingerprint density at radius 1 is 1.21 bits per heavy atom. The maximum Gasteiger partial charge on any atom is 0.233 e. The number of rotatable bonds is 8. The van der Waals surface area contributed by atoms with Crippen LogP contribution in [0.25, 0.3) is 16.6 Å². The Labute approximate surface area is 203 Å². The molecule has 9 heteroatoms. The molecule has 8 nitrogen and oxygen atoms in total. The van der Waals surface area contributed by atoms with Crippen LogP contribution in [0.5, 0.6) is 0 Å². The van der Waals surface area contributed by atoms with E-state index >= 15 is 0 Å². The molecule has 34 heavy (non-hydrogen) atoms. The van der Waals surface area contributed by atoms with E-state index in [-0.39, 0.29) is 11.2 Å². The number of imidazole rings is 1. The van der Waals surface area contributed by atoms with Crippen LogP contribution in [0.2, 0.25) is 0 Å². The SMILES string of the molecule is CCC(Sc1nc2ccccc2c2nc(CCn3cncc3C)nn12)C(=O)NC1CCCCC1. The molecule has 4 aromatic rings. The molecular weight excluding hydrogens is 446 g/mol. The van der Waals surface area contributed by atoms with Gasteiger partial charge in [-0.15, -0.1) is 5.10 Å². The summed E-state index contributed by atoms with van der Waals surface area (Å²) in [5, 5.41) is 9.54. The number of para-hydroxylation sites is 1. The minimum absolute atomic E-state index is 0.0958. The van der Waals surface area contributed by atoms with Crippen molar-refractivity contribution in [3.8, 4) is 0 Å². The summed E-state index contributed by atoms with van der Waals surface area (Å²) >= 11 is 1.48. The molecule has 0 aliphatic heterocycles. The molecule has 0 radical (unpaired) electrons. The number of hydrogen-bond donors (Lipinski definition) is 1. The lowest BCUT2D eigenvalue weighted by molar-refractivity contribution is -0.121. The first kappa shape index (κ1) is 22.8. The van der Waals surface area contributed by atoms with Gasteiger partial charge in [0, 0.05) is 36.3 Å². The Morgan fingerprint density at radius 2 is 2.03 bits per heavy atom. The van der Waals surface area contributed by atoms with Gasteiger partial charge in [-0.1, -0.05) is 50.1 Å². The fraction of sp³-hybridized carbons (Fsp3) is 0.480. The summed E-state index contributed by atoms with van der Waals surface area (Å²) in [6.07, 6.45) is 10.9. The van der Waals surface area contributed by atoms with Crippen LogP contribution in [0.4, 0.5) is 0 Å². The van der Waals surface area contributed by atoms with Gasteiger partial charge in [0.05, 0.1) is 17.1 Å². The fourth-order valence-corrected chi connectivity index (χ4v) is 5.56. The first-order chi connectivity index (χ1) is 16.6. The smallest absolute Gasteiger partial charge is 0.233 e. The first-order valence-corrected chi connectivity index (χ1v) is 13.1. The fourth-order valence-electron chi connectivity index (χ4n) is 4.59. The predicted molar refractivity (Wildman–Crippen MR) is 134 cm³/mol. The Balaban J connectivity index is 1.43. The maximum absolute atomic E-state index is 13.1. The molecule has 178 valence electrons. The third-order valence-corrected chi connectivity index (χ3v) is 7.86. The van der Waals surface area contributed by atoms with Crippen LogP contribution in [0.3, 0.4) is 0 Å². The molecule has 1 aliphatic carbocycles. The second-order valence-electron chi connectivity index (χ2n) is 9.01. The van der Waals surface area contributed by atoms with Crippen molar-refractivity contribution in [1.82, 2.24) is 34.4 Å². The number of carbonyl (C=O) groups excluding carboxylic acids is 1. The lowest BCUT2D eigenvalue weighted by Crippen LogP contribution is -2.41. The summed E-state index contributed by atoms with van der Waals surface area (Å²) in [4.78, 5) is 27.1. The third-order valence-electron chi connectivity index (χ3n) is 6.55. The van der Waals surface area contributed by atoms with Gasteiger partial charge in [-0.3, -0.25) is 4.79 Å². The largest absolute Gasteiger partial charge is 0.352 e. The van der Waals surface area contributed by atoms with Crippen LogP contribution >= 0.6 is 11.8 Å². The molecule has 1 unspecified atom stereocenters. The van der Waals surface area contributed by atoms with E-state index in [1.807, 2.05) is 48.2 Å². The molecule has 1 atom stereocenters. The van der Waals surface area contributed by atoms with Crippen molar-refractivity contribution >= 4 is 34.2 Å². The normalized spacial score (nSPS) is 15.7. The minimum Gasteiger partial charge on any atom is -0.352 e. The summed E-state index contributed by atoms with van der Waals surface area (Å²) in [6.45, 7) is 4.86. The quantitative estimate of drug-likeness (QED) is 0.300. The summed E-state index contributed by atoms with van der Waals surface area (Å²) in [6, 6.07) is 8.28. The van der Waals surface area contributed by atoms with Gasteiger partial charge in [-0.25, -0.2) is 15.0 Å². The Morgan fingerprint density at radius 3 is 2.79 bits per heavy atom. The number of thioether (sulfide) groups is 1. The number of aryl methyl sites for hydroxylation is 3. The molecule has 1 amide bonds. The van der Waals surface area contributed by atoms with Gasteiger partial charge in [0.15, 0.2) is 16.6 Å². The first-order valence-electron chi connectivity index (χ1n) is 12.2. The molecule has 1 fully saturated rings. The Bertz CT molecular complexity index is 1290. The van der Waals surface area contributed by atoms with E-state index < -0.39 is 0 Å². The molecule has 0 bridgehead atoms. The van der Waals surface area contributed by atoms with E-state index in [0.717, 1.165) is 53.9 Å². The highest BCUT2D eigenvalue weighted by atomic mass is 32.2. The van der Waals surface area contributed by atoms with E-state index in [0.29, 0.717) is 17.6 Å². The zero-order valence-corrected chi connectivity index (χ0v) is 20.6. The number of benzene rings is 1. The average molecular weight is 478 g/mol. The highest BCUT2D eigenvalue weighted by Gasteiger charge is 2.25. The lowest BCUT2D eigenvalue weighted by Gasteiger charge is -2.25. The Hall–Kier alpha value is -2.94. The number of nitrogens with zero attached hydrogens (tertiary/aromatic N) is 6. The van der Waals surface area contributed by atoms with Crippen LogP contribution in [-0.4, -0.2) is 46.3 Å². The maximum atomic E-state index is 13.1. The number of hydrogen-bond acceptors (Lipinski definition) is 6. The lowest BCUT2D eigenvalue weighted by atomic mass is 9.95. The molecular formula is C25H31N7OS. The van der Waals surface area contributed by atoms with Crippen LogP contribution in [-0.2, 0) is 17.8 Å². The number of aromatic nitrogens is 6. The van der Waals surface area contributed by atoms with Gasteiger partial charge in [0.2, 0.25) is 5.91 Å². The minimum atomic E-state index is -0.222. The monoisotopic (exact) mass is 477 g/mol. The van der Waals surface area contributed by atoms with Crippen molar-refractivity contribution in [2.75, 3.05) is 0 Å². The van der Waals surface area contributed by atoms with Crippen molar-refractivity contribution in [3.63, 3.8) is 0 Å². The Kier molecular flexibility index (Phi) is 6.80. The van der Waals surface area contributed by atoms with Crippen molar-refractivity contribution in [2.24, 2.45) is 0 Å². The van der Waals surface area contributed by atoms with Crippen LogP contribution < -0.4 is 5.32 Å². The molecule has 5 rings (SSSR count). The zero-order valence-electron chi connectivity index (χ0n) is 19.8. The highest BCUT2D eigenvalue weighted by Crippen LogP contribution is 2.29. The highest BCUT2D eigenvalue weighted by molar-refractivity contribution is 8.00. The number of carbonyl (C=O) groups is 1. The standard InChI is InChI=1S/C25H31N7OS/c1-3-21(24(33)27-18-9-5-4-6-10-18)34-25-28-20-12-8-7-11-19(20)23-29-22(30-32(23)25)13-14-31-16-26-15-17(31)2/h7-8,11-12,15-16,18,21H,3-6,9-10,13-14H2,1-2H3,(H,27,33). The summed E-state index contributed by atoms with van der Waals surface area (Å²) in [5.41, 5.74) is 2.76. The van der Waals surface area contributed by atoms with Gasteiger partial charge < -0.3 is 9.88 Å². The van der Waals surface area contributed by atoms with Gasteiger partial charge in [0.1, 0.15) is 0 Å². The molecule has 1 saturated carbocycles. The molecule has 1 N–H and O–H groups in total. The predicted octanol–water partition coefficient (Wildman–Crippen LogP) is 4.34. The number of amides is 1. The van der Waals surface area contributed by atoms with E-state index in [1.54, 1.807) is 0 Å². The third kappa shape index (κ3) is 4.80. The van der Waals surface area contributed by atoms with Crippen LogP contribution in [0, 0.1) is 6.92 Å². The van der Waals surface area contributed by atoms with Crippen molar-refractivity contribution in [1.29, 1.82) is 0 Å². The van der Waals surface area contributed by atoms with Crippen LogP contribution in [0.15, 0.2) is 41.9 Å². The van der Waals surface area contributed by atoms with Crippen molar-refractivity contribution in [2.45, 2.75) is 81.8 Å².